The highest BCUT2D eigenvalue weighted by molar-refractivity contribution is 5.76. The van der Waals surface area contributed by atoms with Crippen molar-refractivity contribution in [3.8, 4) is 0 Å². The summed E-state index contributed by atoms with van der Waals surface area (Å²) in [5, 5.41) is 10.1. The van der Waals surface area contributed by atoms with E-state index < -0.39 is 0 Å². The van der Waals surface area contributed by atoms with Crippen molar-refractivity contribution in [3.05, 3.63) is 35.1 Å². The number of aliphatic hydroxyl groups is 1. The van der Waals surface area contributed by atoms with Gasteiger partial charge < -0.3 is 14.7 Å². The van der Waals surface area contributed by atoms with Gasteiger partial charge in [-0.05, 0) is 42.9 Å². The first kappa shape index (κ1) is 17.4. The largest absolute Gasteiger partial charge is 0.393 e. The summed E-state index contributed by atoms with van der Waals surface area (Å²) in [4.78, 5) is 14.4. The molecule has 0 unspecified atom stereocenters. The minimum absolute atomic E-state index is 0.0839. The molecule has 0 radical (unpaired) electrons. The zero-order valence-electron chi connectivity index (χ0n) is 14.2. The Labute approximate surface area is 142 Å². The number of amides is 1. The van der Waals surface area contributed by atoms with Gasteiger partial charge in [-0.2, -0.15) is 0 Å². The van der Waals surface area contributed by atoms with E-state index in [-0.39, 0.29) is 29.9 Å². The third-order valence-electron chi connectivity index (χ3n) is 5.28. The minimum Gasteiger partial charge on any atom is -0.393 e. The monoisotopic (exact) mass is 335 g/mol. The molecule has 1 aliphatic heterocycles. The number of hydrogen-bond acceptors (Lipinski definition) is 3. The Balaban J connectivity index is 1.62. The molecular weight excluding hydrogens is 309 g/mol. The van der Waals surface area contributed by atoms with E-state index in [9.17, 15) is 14.3 Å². The van der Waals surface area contributed by atoms with E-state index >= 15 is 0 Å². The van der Waals surface area contributed by atoms with Crippen molar-refractivity contribution >= 4 is 5.91 Å². The maximum atomic E-state index is 13.4. The van der Waals surface area contributed by atoms with Crippen LogP contribution in [0.5, 0.6) is 0 Å². The molecule has 132 valence electrons. The van der Waals surface area contributed by atoms with Crippen LogP contribution >= 0.6 is 0 Å². The van der Waals surface area contributed by atoms with Gasteiger partial charge in [-0.3, -0.25) is 4.79 Å². The number of aryl methyl sites for hydroxylation is 1. The second-order valence-electron chi connectivity index (χ2n) is 7.02. The van der Waals surface area contributed by atoms with Crippen LogP contribution in [0.15, 0.2) is 18.2 Å². The molecule has 1 heterocycles. The quantitative estimate of drug-likeness (QED) is 0.924. The van der Waals surface area contributed by atoms with Crippen LogP contribution in [0, 0.1) is 18.7 Å². The molecule has 5 heteroatoms. The van der Waals surface area contributed by atoms with Crippen LogP contribution in [0.2, 0.25) is 0 Å². The molecule has 1 aromatic carbocycles. The number of halogens is 1. The first-order valence-corrected chi connectivity index (χ1v) is 8.88. The molecule has 3 rings (SSSR count). The van der Waals surface area contributed by atoms with Crippen molar-refractivity contribution in [3.63, 3.8) is 0 Å². The summed E-state index contributed by atoms with van der Waals surface area (Å²) in [6.07, 6.45) is 3.73. The number of aliphatic hydroxyl groups excluding tert-OH is 1. The van der Waals surface area contributed by atoms with E-state index in [2.05, 4.69) is 0 Å². The smallest absolute Gasteiger partial charge is 0.223 e. The zero-order valence-corrected chi connectivity index (χ0v) is 14.2. The van der Waals surface area contributed by atoms with Gasteiger partial charge >= 0.3 is 0 Å². The van der Waals surface area contributed by atoms with Gasteiger partial charge in [-0.1, -0.05) is 25.0 Å². The summed E-state index contributed by atoms with van der Waals surface area (Å²) in [6.45, 7) is 3.29. The average molecular weight is 335 g/mol. The summed E-state index contributed by atoms with van der Waals surface area (Å²) in [6, 6.07) is 4.97. The molecule has 1 saturated heterocycles. The second-order valence-corrected chi connectivity index (χ2v) is 7.02. The van der Waals surface area contributed by atoms with Gasteiger partial charge in [0, 0.05) is 13.0 Å². The van der Waals surface area contributed by atoms with Crippen LogP contribution in [0.1, 0.15) is 49.3 Å². The van der Waals surface area contributed by atoms with Gasteiger partial charge in [0.1, 0.15) is 11.9 Å². The molecule has 1 saturated carbocycles. The topological polar surface area (TPSA) is 49.8 Å². The molecule has 2 fully saturated rings. The van der Waals surface area contributed by atoms with E-state index in [0.717, 1.165) is 31.2 Å². The number of nitrogens with zero attached hydrogens (tertiary/aromatic N) is 1. The highest BCUT2D eigenvalue weighted by atomic mass is 19.1. The van der Waals surface area contributed by atoms with Crippen molar-refractivity contribution in [2.24, 2.45) is 5.92 Å². The van der Waals surface area contributed by atoms with Crippen molar-refractivity contribution in [1.82, 2.24) is 4.90 Å². The lowest BCUT2D eigenvalue weighted by Crippen LogP contribution is -2.43. The molecule has 0 spiro atoms. The number of morpholine rings is 1. The third kappa shape index (κ3) is 3.95. The maximum Gasteiger partial charge on any atom is 0.223 e. The SMILES string of the molecule is Cc1cc([C@H]2CN(C(=O)C[C@H]3CCCC[C@@H]3O)CCO2)ccc1F. The number of hydrogen-bond donors (Lipinski definition) is 1. The minimum atomic E-state index is -0.348. The molecule has 24 heavy (non-hydrogen) atoms. The Bertz CT molecular complexity index is 592. The number of benzene rings is 1. The van der Waals surface area contributed by atoms with Crippen LogP contribution in [-0.2, 0) is 9.53 Å². The number of rotatable bonds is 3. The fraction of sp³-hybridized carbons (Fsp3) is 0.632. The highest BCUT2D eigenvalue weighted by Crippen LogP contribution is 2.29. The molecule has 2 aliphatic rings. The Morgan fingerprint density at radius 1 is 1.38 bits per heavy atom. The lowest BCUT2D eigenvalue weighted by Gasteiger charge is -2.35. The molecule has 0 aromatic heterocycles. The van der Waals surface area contributed by atoms with E-state index in [1.165, 1.54) is 6.07 Å². The summed E-state index contributed by atoms with van der Waals surface area (Å²) in [5.74, 6) is -0.0533. The van der Waals surface area contributed by atoms with Crippen molar-refractivity contribution < 1.29 is 19.0 Å². The summed E-state index contributed by atoms with van der Waals surface area (Å²) in [5.41, 5.74) is 1.49. The predicted molar refractivity (Wildman–Crippen MR) is 89.0 cm³/mol. The molecule has 1 aromatic rings. The Kier molecular flexibility index (Phi) is 5.51. The Morgan fingerprint density at radius 3 is 2.92 bits per heavy atom. The van der Waals surface area contributed by atoms with Crippen molar-refractivity contribution in [1.29, 1.82) is 0 Å². The van der Waals surface area contributed by atoms with Crippen LogP contribution < -0.4 is 0 Å². The van der Waals surface area contributed by atoms with Gasteiger partial charge in [0.05, 0.1) is 19.3 Å². The highest BCUT2D eigenvalue weighted by Gasteiger charge is 2.30. The number of carbonyl (C=O) groups excluding carboxylic acids is 1. The molecular formula is C19H26FNO3. The first-order valence-electron chi connectivity index (χ1n) is 8.88. The van der Waals surface area contributed by atoms with E-state index in [1.807, 2.05) is 4.90 Å². The standard InChI is InChI=1S/C19H26FNO3/c1-13-10-15(6-7-16(13)20)18-12-21(8-9-24-18)19(23)11-14-4-2-3-5-17(14)22/h6-7,10,14,17-18,22H,2-5,8-9,11-12H2,1H3/t14-,17+,18-/m1/s1. The Hall–Kier alpha value is -1.46. The molecule has 0 bridgehead atoms. The molecule has 1 aliphatic carbocycles. The number of ether oxygens (including phenoxy) is 1. The van der Waals surface area contributed by atoms with Crippen LogP contribution in [0.4, 0.5) is 4.39 Å². The van der Waals surface area contributed by atoms with Crippen molar-refractivity contribution in [2.75, 3.05) is 19.7 Å². The fourth-order valence-corrected chi connectivity index (χ4v) is 3.73. The summed E-state index contributed by atoms with van der Waals surface area (Å²) < 4.78 is 19.2. The predicted octanol–water partition coefficient (Wildman–Crippen LogP) is 2.98. The molecule has 3 atom stereocenters. The van der Waals surface area contributed by atoms with Gasteiger partial charge in [0.25, 0.3) is 0 Å². The van der Waals surface area contributed by atoms with Crippen LogP contribution in [-0.4, -0.2) is 41.7 Å². The second kappa shape index (κ2) is 7.62. The average Bonchev–Trinajstić information content (AvgIpc) is 2.59. The summed E-state index contributed by atoms with van der Waals surface area (Å²) in [7, 11) is 0. The first-order chi connectivity index (χ1) is 11.5. The maximum absolute atomic E-state index is 13.4. The van der Waals surface area contributed by atoms with E-state index in [1.54, 1.807) is 19.1 Å². The molecule has 1 amide bonds. The normalized spacial score (nSPS) is 28.0. The van der Waals surface area contributed by atoms with Gasteiger partial charge in [0.15, 0.2) is 0 Å². The molecule has 4 nitrogen and oxygen atoms in total. The Morgan fingerprint density at radius 2 is 2.17 bits per heavy atom. The van der Waals surface area contributed by atoms with E-state index in [0.29, 0.717) is 31.7 Å². The fourth-order valence-electron chi connectivity index (χ4n) is 3.73. The van der Waals surface area contributed by atoms with Crippen LogP contribution in [0.3, 0.4) is 0 Å². The summed E-state index contributed by atoms with van der Waals surface area (Å²) >= 11 is 0. The zero-order chi connectivity index (χ0) is 17.1. The van der Waals surface area contributed by atoms with Crippen LogP contribution in [0.25, 0.3) is 0 Å². The van der Waals surface area contributed by atoms with E-state index in [4.69, 9.17) is 4.74 Å². The molecule has 1 N–H and O–H groups in total. The third-order valence-corrected chi connectivity index (χ3v) is 5.28. The van der Waals surface area contributed by atoms with Gasteiger partial charge in [-0.25, -0.2) is 4.39 Å². The number of carbonyl (C=O) groups is 1. The van der Waals surface area contributed by atoms with Gasteiger partial charge in [0.2, 0.25) is 5.91 Å². The van der Waals surface area contributed by atoms with Crippen molar-refractivity contribution in [2.45, 2.75) is 51.2 Å². The lowest BCUT2D eigenvalue weighted by molar-refractivity contribution is -0.141. The van der Waals surface area contributed by atoms with Gasteiger partial charge in [-0.15, -0.1) is 0 Å². The lowest BCUT2D eigenvalue weighted by atomic mass is 9.84.